The Kier molecular flexibility index (Phi) is 4.66. The summed E-state index contributed by atoms with van der Waals surface area (Å²) in [5, 5.41) is 0.719. The molecule has 0 aliphatic carbocycles. The Hall–Kier alpha value is -1.84. The maximum atomic E-state index is 13.2. The summed E-state index contributed by atoms with van der Waals surface area (Å²) in [4.78, 5) is 17.2. The molecule has 0 bridgehead atoms. The van der Waals surface area contributed by atoms with Gasteiger partial charge in [-0.3, -0.25) is 4.79 Å². The number of anilines is 1. The zero-order chi connectivity index (χ0) is 17.3. The number of carbonyl (C=O) groups is 1. The molecule has 1 aliphatic heterocycles. The normalized spacial score (nSPS) is 19.9. The Morgan fingerprint density at radius 1 is 1.08 bits per heavy atom. The molecule has 0 aromatic heterocycles. The van der Waals surface area contributed by atoms with Gasteiger partial charge < -0.3 is 9.80 Å². The van der Waals surface area contributed by atoms with E-state index in [4.69, 9.17) is 11.6 Å². The van der Waals surface area contributed by atoms with Gasteiger partial charge >= 0.3 is 0 Å². The third kappa shape index (κ3) is 2.94. The number of halogens is 1. The molecule has 1 amide bonds. The van der Waals surface area contributed by atoms with Crippen molar-refractivity contribution < 1.29 is 4.79 Å². The fraction of sp³-hybridized carbons (Fsp3) is 0.350. The Morgan fingerprint density at radius 2 is 1.75 bits per heavy atom. The third-order valence-corrected chi connectivity index (χ3v) is 5.15. The number of amides is 1. The maximum Gasteiger partial charge on any atom is 0.237 e. The fourth-order valence-corrected chi connectivity index (χ4v) is 3.71. The second-order valence-corrected chi connectivity index (χ2v) is 7.26. The van der Waals surface area contributed by atoms with Crippen LogP contribution in [0.15, 0.2) is 48.5 Å². The van der Waals surface area contributed by atoms with Gasteiger partial charge in [0, 0.05) is 17.8 Å². The van der Waals surface area contributed by atoms with E-state index in [9.17, 15) is 4.79 Å². The predicted molar refractivity (Wildman–Crippen MR) is 99.9 cm³/mol. The molecule has 1 aliphatic rings. The van der Waals surface area contributed by atoms with Crippen molar-refractivity contribution in [1.29, 1.82) is 0 Å². The van der Waals surface area contributed by atoms with Crippen LogP contribution in [0.5, 0.6) is 0 Å². The number of carbonyl (C=O) groups excluding carboxylic acids is 1. The number of hydrogen-bond donors (Lipinski definition) is 0. The molecule has 4 heteroatoms. The van der Waals surface area contributed by atoms with Crippen molar-refractivity contribution in [3.8, 4) is 0 Å². The number of nitrogens with zero attached hydrogens (tertiary/aromatic N) is 2. The van der Waals surface area contributed by atoms with Crippen LogP contribution < -0.4 is 4.90 Å². The molecule has 0 fully saturated rings. The number of rotatable bonds is 5. The van der Waals surface area contributed by atoms with Crippen molar-refractivity contribution in [2.24, 2.45) is 0 Å². The second-order valence-electron chi connectivity index (χ2n) is 6.82. The standard InChI is InChI=1S/C20H23ClN2O/c1-22(2)13-12-20(14-15-8-10-16(21)11-9-15)17-6-4-5-7-18(17)23(3)19(20)24/h4-11H,12-14H2,1-3H3. The summed E-state index contributed by atoms with van der Waals surface area (Å²) in [6.07, 6.45) is 1.49. The van der Waals surface area contributed by atoms with Crippen molar-refractivity contribution in [2.45, 2.75) is 18.3 Å². The Labute approximate surface area is 148 Å². The zero-order valence-electron chi connectivity index (χ0n) is 14.4. The van der Waals surface area contributed by atoms with E-state index in [0.717, 1.165) is 34.8 Å². The van der Waals surface area contributed by atoms with E-state index in [1.165, 1.54) is 0 Å². The van der Waals surface area contributed by atoms with E-state index >= 15 is 0 Å². The Morgan fingerprint density at radius 3 is 2.42 bits per heavy atom. The van der Waals surface area contributed by atoms with Crippen LogP contribution in [0.25, 0.3) is 0 Å². The molecule has 1 atom stereocenters. The number of fused-ring (bicyclic) bond motifs is 1. The highest BCUT2D eigenvalue weighted by Crippen LogP contribution is 2.45. The average molecular weight is 343 g/mol. The summed E-state index contributed by atoms with van der Waals surface area (Å²) in [7, 11) is 5.97. The number of benzene rings is 2. The topological polar surface area (TPSA) is 23.6 Å². The summed E-state index contributed by atoms with van der Waals surface area (Å²) in [5.74, 6) is 0.181. The first-order chi connectivity index (χ1) is 11.4. The largest absolute Gasteiger partial charge is 0.314 e. The zero-order valence-corrected chi connectivity index (χ0v) is 15.2. The number of para-hydroxylation sites is 1. The van der Waals surface area contributed by atoms with Crippen LogP contribution in [0, 0.1) is 0 Å². The second kappa shape index (κ2) is 6.58. The summed E-state index contributed by atoms with van der Waals surface area (Å²) < 4.78 is 0. The van der Waals surface area contributed by atoms with E-state index in [1.54, 1.807) is 4.90 Å². The molecule has 1 unspecified atom stereocenters. The first kappa shape index (κ1) is 17.0. The van der Waals surface area contributed by atoms with E-state index < -0.39 is 5.41 Å². The summed E-state index contributed by atoms with van der Waals surface area (Å²) >= 11 is 6.02. The quantitative estimate of drug-likeness (QED) is 0.826. The molecular weight excluding hydrogens is 320 g/mol. The lowest BCUT2D eigenvalue weighted by Crippen LogP contribution is -2.42. The highest BCUT2D eigenvalue weighted by molar-refractivity contribution is 6.30. The molecule has 24 heavy (non-hydrogen) atoms. The van der Waals surface area contributed by atoms with Crippen molar-refractivity contribution in [3.63, 3.8) is 0 Å². The van der Waals surface area contributed by atoms with Crippen LogP contribution in [0.4, 0.5) is 5.69 Å². The maximum absolute atomic E-state index is 13.2. The lowest BCUT2D eigenvalue weighted by Gasteiger charge is -2.30. The molecule has 3 nitrogen and oxygen atoms in total. The minimum atomic E-state index is -0.510. The molecule has 2 aromatic carbocycles. The lowest BCUT2D eigenvalue weighted by molar-refractivity contribution is -0.123. The first-order valence-corrected chi connectivity index (χ1v) is 8.59. The molecular formula is C20H23ClN2O. The van der Waals surface area contributed by atoms with Gasteiger partial charge in [-0.25, -0.2) is 0 Å². The molecule has 2 aromatic rings. The SMILES string of the molecule is CN(C)CCC1(Cc2ccc(Cl)cc2)C(=O)N(C)c2ccccc21. The van der Waals surface area contributed by atoms with Crippen LogP contribution in [-0.4, -0.2) is 38.5 Å². The van der Waals surface area contributed by atoms with Gasteiger partial charge in [0.25, 0.3) is 0 Å². The van der Waals surface area contributed by atoms with Gasteiger partial charge in [0.2, 0.25) is 5.91 Å². The van der Waals surface area contributed by atoms with Crippen LogP contribution in [0.1, 0.15) is 17.5 Å². The van der Waals surface area contributed by atoms with Gasteiger partial charge in [-0.05, 0) is 62.8 Å². The molecule has 1 heterocycles. The smallest absolute Gasteiger partial charge is 0.237 e. The molecule has 0 saturated carbocycles. The summed E-state index contributed by atoms with van der Waals surface area (Å²) in [6.45, 7) is 0.863. The van der Waals surface area contributed by atoms with Crippen LogP contribution >= 0.6 is 11.6 Å². The molecule has 0 spiro atoms. The van der Waals surface area contributed by atoms with Crippen molar-refractivity contribution in [1.82, 2.24) is 4.90 Å². The van der Waals surface area contributed by atoms with Crippen LogP contribution in [0.2, 0.25) is 5.02 Å². The van der Waals surface area contributed by atoms with Crippen LogP contribution in [0.3, 0.4) is 0 Å². The third-order valence-electron chi connectivity index (χ3n) is 4.90. The first-order valence-electron chi connectivity index (χ1n) is 8.21. The molecule has 3 rings (SSSR count). The van der Waals surface area contributed by atoms with E-state index in [2.05, 4.69) is 11.0 Å². The molecule has 126 valence electrons. The summed E-state index contributed by atoms with van der Waals surface area (Å²) in [6, 6.07) is 16.0. The Balaban J connectivity index is 2.06. The van der Waals surface area contributed by atoms with Gasteiger partial charge in [0.15, 0.2) is 0 Å². The van der Waals surface area contributed by atoms with E-state index in [0.29, 0.717) is 6.42 Å². The predicted octanol–water partition coefficient (Wildman–Crippen LogP) is 3.75. The molecule has 0 radical (unpaired) electrons. The lowest BCUT2D eigenvalue weighted by atomic mass is 9.73. The minimum absolute atomic E-state index is 0.181. The van der Waals surface area contributed by atoms with Crippen molar-refractivity contribution in [2.75, 3.05) is 32.6 Å². The fourth-order valence-electron chi connectivity index (χ4n) is 3.58. The molecule has 0 N–H and O–H groups in total. The minimum Gasteiger partial charge on any atom is -0.314 e. The van der Waals surface area contributed by atoms with Gasteiger partial charge in [-0.15, -0.1) is 0 Å². The number of hydrogen-bond acceptors (Lipinski definition) is 2. The van der Waals surface area contributed by atoms with E-state index in [1.807, 2.05) is 63.6 Å². The number of likely N-dealkylation sites (N-methyl/N-ethyl adjacent to an activating group) is 1. The van der Waals surface area contributed by atoms with Gasteiger partial charge in [0.1, 0.15) is 0 Å². The van der Waals surface area contributed by atoms with Gasteiger partial charge in [-0.2, -0.15) is 0 Å². The Bertz CT molecular complexity index is 742. The van der Waals surface area contributed by atoms with E-state index in [-0.39, 0.29) is 5.91 Å². The van der Waals surface area contributed by atoms with Gasteiger partial charge in [0.05, 0.1) is 5.41 Å². The highest BCUT2D eigenvalue weighted by atomic mass is 35.5. The molecule has 0 saturated heterocycles. The van der Waals surface area contributed by atoms with Crippen molar-refractivity contribution in [3.05, 3.63) is 64.7 Å². The van der Waals surface area contributed by atoms with Crippen LogP contribution in [-0.2, 0) is 16.6 Å². The van der Waals surface area contributed by atoms with Gasteiger partial charge in [-0.1, -0.05) is 41.9 Å². The summed E-state index contributed by atoms with van der Waals surface area (Å²) in [5.41, 5.74) is 2.78. The van der Waals surface area contributed by atoms with Crippen molar-refractivity contribution >= 4 is 23.2 Å². The monoisotopic (exact) mass is 342 g/mol. The average Bonchev–Trinajstić information content (AvgIpc) is 2.78. The highest BCUT2D eigenvalue weighted by Gasteiger charge is 2.49.